The van der Waals surface area contributed by atoms with Gasteiger partial charge in [-0.15, -0.1) is 11.8 Å². The van der Waals surface area contributed by atoms with Gasteiger partial charge in [0.25, 0.3) is 0 Å². The highest BCUT2D eigenvalue weighted by atomic mass is 32.2. The number of nitrogens with one attached hydrogen (secondary N) is 2. The molecule has 0 unspecified atom stereocenters. The van der Waals surface area contributed by atoms with E-state index in [2.05, 4.69) is 20.6 Å². The third-order valence-electron chi connectivity index (χ3n) is 6.62. The zero-order chi connectivity index (χ0) is 25.0. The van der Waals surface area contributed by atoms with Crippen LogP contribution in [0, 0.1) is 11.6 Å². The lowest BCUT2D eigenvalue weighted by Crippen LogP contribution is -2.18. The zero-order valence-electron chi connectivity index (χ0n) is 20.2. The Bertz CT molecular complexity index is 1420. The molecule has 2 aliphatic rings. The van der Waals surface area contributed by atoms with Gasteiger partial charge < -0.3 is 10.2 Å². The molecule has 11 heteroatoms. The molecule has 3 aromatic heterocycles. The van der Waals surface area contributed by atoms with E-state index in [9.17, 15) is 0 Å². The molecular formula is C25H26F2N8S. The number of rotatable bonds is 8. The number of hydrogen-bond donors (Lipinski definition) is 2. The van der Waals surface area contributed by atoms with Gasteiger partial charge in [-0.1, -0.05) is 0 Å². The Morgan fingerprint density at radius 1 is 1.08 bits per heavy atom. The summed E-state index contributed by atoms with van der Waals surface area (Å²) < 4.78 is 31.7. The van der Waals surface area contributed by atoms with Crippen molar-refractivity contribution >= 4 is 35.0 Å². The summed E-state index contributed by atoms with van der Waals surface area (Å²) in [7, 11) is 3.41. The molecule has 0 radical (unpaired) electrons. The smallest absolute Gasteiger partial charge is 0.232 e. The number of aromatic amines is 1. The minimum Gasteiger partial charge on any atom is -0.323 e. The molecule has 2 saturated carbocycles. The van der Waals surface area contributed by atoms with Crippen LogP contribution in [0.4, 0.5) is 32.1 Å². The Morgan fingerprint density at radius 2 is 1.81 bits per heavy atom. The summed E-state index contributed by atoms with van der Waals surface area (Å²) in [4.78, 5) is 11.5. The second kappa shape index (κ2) is 8.88. The third kappa shape index (κ3) is 4.32. The van der Waals surface area contributed by atoms with Crippen molar-refractivity contribution < 1.29 is 8.78 Å². The highest BCUT2D eigenvalue weighted by Crippen LogP contribution is 2.48. The van der Waals surface area contributed by atoms with E-state index in [4.69, 9.17) is 9.97 Å². The van der Waals surface area contributed by atoms with Gasteiger partial charge in [0.2, 0.25) is 5.95 Å². The van der Waals surface area contributed by atoms with Crippen LogP contribution in [-0.4, -0.2) is 43.2 Å². The molecule has 0 amide bonds. The average molecular weight is 509 g/mol. The molecule has 1 aromatic carbocycles. The number of nitrogens with zero attached hydrogens (tertiary/aromatic N) is 6. The lowest BCUT2D eigenvalue weighted by atomic mass is 10.1. The molecule has 0 bridgehead atoms. The third-order valence-corrected chi connectivity index (χ3v) is 7.33. The van der Waals surface area contributed by atoms with E-state index in [-0.39, 0.29) is 11.6 Å². The van der Waals surface area contributed by atoms with Crippen molar-refractivity contribution in [3.05, 3.63) is 53.5 Å². The van der Waals surface area contributed by atoms with Gasteiger partial charge in [-0.05, 0) is 50.0 Å². The van der Waals surface area contributed by atoms with E-state index in [0.717, 1.165) is 42.5 Å². The zero-order valence-corrected chi connectivity index (χ0v) is 21.0. The van der Waals surface area contributed by atoms with Gasteiger partial charge in [0, 0.05) is 54.0 Å². The van der Waals surface area contributed by atoms with E-state index in [0.29, 0.717) is 34.1 Å². The fraction of sp³-hybridized carbons (Fsp3) is 0.360. The molecule has 2 aliphatic carbocycles. The molecule has 8 nitrogen and oxygen atoms in total. The summed E-state index contributed by atoms with van der Waals surface area (Å²) in [6.07, 6.45) is 9.77. The van der Waals surface area contributed by atoms with Crippen molar-refractivity contribution in [2.24, 2.45) is 7.05 Å². The minimum absolute atomic E-state index is 0.174. The number of H-pyrrole nitrogens is 1. The molecule has 0 spiro atoms. The Hall–Kier alpha value is -3.47. The fourth-order valence-corrected chi connectivity index (χ4v) is 4.87. The number of aryl methyl sites for hydroxylation is 1. The van der Waals surface area contributed by atoms with Gasteiger partial charge in [-0.25, -0.2) is 13.8 Å². The molecule has 6 rings (SSSR count). The molecule has 0 atom stereocenters. The number of anilines is 4. The summed E-state index contributed by atoms with van der Waals surface area (Å²) in [5.74, 6) is 0.899. The summed E-state index contributed by atoms with van der Waals surface area (Å²) in [5, 5.41) is 15.2. The second-order valence-electron chi connectivity index (χ2n) is 9.42. The van der Waals surface area contributed by atoms with Crippen molar-refractivity contribution in [2.45, 2.75) is 42.4 Å². The normalized spacial score (nSPS) is 15.4. The summed E-state index contributed by atoms with van der Waals surface area (Å²) in [6, 6.07) is 4.65. The van der Waals surface area contributed by atoms with Crippen LogP contribution in [0.1, 0.15) is 48.8 Å². The van der Waals surface area contributed by atoms with Crippen LogP contribution in [0.15, 0.2) is 35.5 Å². The first-order chi connectivity index (χ1) is 17.4. The van der Waals surface area contributed by atoms with Gasteiger partial charge in [-0.3, -0.25) is 9.78 Å². The van der Waals surface area contributed by atoms with Gasteiger partial charge >= 0.3 is 0 Å². The van der Waals surface area contributed by atoms with Gasteiger partial charge in [-0.2, -0.15) is 15.2 Å². The maximum atomic E-state index is 15.0. The first-order valence-electron chi connectivity index (χ1n) is 11.9. The first-order valence-corrected chi connectivity index (χ1v) is 13.1. The maximum Gasteiger partial charge on any atom is 0.232 e. The molecule has 4 aromatic rings. The van der Waals surface area contributed by atoms with Gasteiger partial charge in [0.15, 0.2) is 17.5 Å². The summed E-state index contributed by atoms with van der Waals surface area (Å²) >= 11 is 1.28. The predicted molar refractivity (Wildman–Crippen MR) is 136 cm³/mol. The average Bonchev–Trinajstić information content (AvgIpc) is 3.79. The molecule has 0 aliphatic heterocycles. The Balaban J connectivity index is 1.48. The Morgan fingerprint density at radius 3 is 2.42 bits per heavy atom. The van der Waals surface area contributed by atoms with Crippen LogP contribution in [0.2, 0.25) is 0 Å². The molecule has 36 heavy (non-hydrogen) atoms. The van der Waals surface area contributed by atoms with Crippen molar-refractivity contribution in [1.29, 1.82) is 0 Å². The van der Waals surface area contributed by atoms with Crippen molar-refractivity contribution in [1.82, 2.24) is 29.9 Å². The van der Waals surface area contributed by atoms with Crippen LogP contribution in [0.3, 0.4) is 0 Å². The van der Waals surface area contributed by atoms with Crippen LogP contribution >= 0.6 is 11.8 Å². The number of thioether (sulfide) groups is 1. The maximum absolute atomic E-state index is 15.0. The molecular weight excluding hydrogens is 482 g/mol. The van der Waals surface area contributed by atoms with E-state index >= 15 is 8.78 Å². The highest BCUT2D eigenvalue weighted by molar-refractivity contribution is 7.98. The van der Waals surface area contributed by atoms with Crippen LogP contribution in [-0.2, 0) is 7.05 Å². The van der Waals surface area contributed by atoms with Crippen molar-refractivity contribution in [3.8, 4) is 11.3 Å². The molecule has 3 heterocycles. The van der Waals surface area contributed by atoms with E-state index < -0.39 is 11.6 Å². The number of benzene rings is 1. The molecule has 2 fully saturated rings. The highest BCUT2D eigenvalue weighted by Gasteiger charge is 2.33. The molecule has 2 N–H and O–H groups in total. The van der Waals surface area contributed by atoms with Crippen LogP contribution in [0.25, 0.3) is 11.3 Å². The van der Waals surface area contributed by atoms with Crippen molar-refractivity contribution in [2.75, 3.05) is 23.5 Å². The number of aromatic nitrogens is 6. The molecule has 186 valence electrons. The summed E-state index contributed by atoms with van der Waals surface area (Å²) in [5.41, 5.74) is 3.38. The second-order valence-corrected chi connectivity index (χ2v) is 10.3. The minimum atomic E-state index is -0.671. The SMILES string of the molecule is CSc1cc(F)c(N(C)c2nc(Nc3cc(C4CC4)[nH]n3)c(C3CC3)c(-c3cnn(C)c3)n2)c(F)c1. The van der Waals surface area contributed by atoms with Crippen LogP contribution in [0.5, 0.6) is 0 Å². The van der Waals surface area contributed by atoms with Gasteiger partial charge in [0.1, 0.15) is 11.5 Å². The monoisotopic (exact) mass is 508 g/mol. The first kappa shape index (κ1) is 23.0. The van der Waals surface area contributed by atoms with Crippen LogP contribution < -0.4 is 10.2 Å². The van der Waals surface area contributed by atoms with Crippen molar-refractivity contribution in [3.63, 3.8) is 0 Å². The van der Waals surface area contributed by atoms with Gasteiger partial charge in [0.05, 0.1) is 11.9 Å². The standard InChI is InChI=1S/C25H26F2N8S/c1-34-12-15(11-28-34)22-21(14-6-7-14)24(29-20-10-19(32-33-20)13-4-5-13)31-25(30-22)35(2)23-17(26)8-16(36-3)9-18(23)27/h8-14H,4-7H2,1-3H3,(H2,29,30,31,32,33). The topological polar surface area (TPSA) is 87.5 Å². The largest absolute Gasteiger partial charge is 0.323 e. The molecule has 0 saturated heterocycles. The van der Waals surface area contributed by atoms with E-state index in [1.807, 2.05) is 19.3 Å². The predicted octanol–water partition coefficient (Wildman–Crippen LogP) is 5.87. The summed E-state index contributed by atoms with van der Waals surface area (Å²) in [6.45, 7) is 0. The number of hydrogen-bond acceptors (Lipinski definition) is 7. The lowest BCUT2D eigenvalue weighted by molar-refractivity contribution is 0.577. The quantitative estimate of drug-likeness (QED) is 0.288. The number of halogens is 2. The van der Waals surface area contributed by atoms with E-state index in [1.165, 1.54) is 28.8 Å². The fourth-order valence-electron chi connectivity index (χ4n) is 4.43. The van der Waals surface area contributed by atoms with E-state index in [1.54, 1.807) is 24.2 Å². The Labute approximate surface area is 211 Å². The Kier molecular flexibility index (Phi) is 5.66. The lowest BCUT2D eigenvalue weighted by Gasteiger charge is -2.22.